The Morgan fingerprint density at radius 1 is 0.828 bits per heavy atom. The van der Waals surface area contributed by atoms with Crippen LogP contribution in [0, 0.1) is 0 Å². The average molecular weight is 945 g/mol. The number of rotatable bonds is 5. The summed E-state index contributed by atoms with van der Waals surface area (Å²) in [7, 11) is -1.81. The molecule has 2 amide bonds. The number of carbonyl (C=O) groups is 2. The molecule has 4 rings (SSSR count). The van der Waals surface area contributed by atoms with Crippen LogP contribution in [0.25, 0.3) is 0 Å². The Morgan fingerprint density at radius 3 is 1.71 bits per heavy atom. The van der Waals surface area contributed by atoms with E-state index in [1.54, 1.807) is 45.3 Å². The van der Waals surface area contributed by atoms with Crippen LogP contribution in [0.4, 0.5) is 15.3 Å². The molecule has 326 valence electrons. The third kappa shape index (κ3) is 23.7. The molecule has 4 heterocycles. The van der Waals surface area contributed by atoms with Gasteiger partial charge in [0.05, 0.1) is 30.6 Å². The van der Waals surface area contributed by atoms with Crippen LogP contribution < -0.4 is 44.9 Å². The quantitative estimate of drug-likeness (QED) is 0.264. The fourth-order valence-electron chi connectivity index (χ4n) is 4.90. The van der Waals surface area contributed by atoms with Gasteiger partial charge in [0.2, 0.25) is 0 Å². The number of aromatic nitrogens is 2. The smallest absolute Gasteiger partial charge is 0.850 e. The Morgan fingerprint density at radius 2 is 1.31 bits per heavy atom. The number of nitrogens with one attached hydrogen (secondary N) is 1. The Bertz CT molecular complexity index is 1480. The van der Waals surface area contributed by atoms with Gasteiger partial charge in [-0.3, -0.25) is 0 Å². The third-order valence-electron chi connectivity index (χ3n) is 8.77. The standard InChI is InChI=1S/C16H24ClN3O2.C16H34N2O3Si.C5H3BrClN.C4H9O.Na/c1-5-12-11-19(13-6-7-14(17)18-10-13)8-9-20(12)15(21)22-16(2,3)4;1-15(2,3)21-14(19)18-10-9-17-11-13(18)12-20-22(7,8)16(4,5)6;6-4-1-2-5(7)8-3-4;1-4(2,3)5;/h6-7,10,12H,5,8-9,11H2,1-4H3;13,17H,9-12H2,1-8H3;1-3H;1-3H3;/q;;;-1;+1/t12-;13-;;;/m01.../s1. The molecule has 2 aliphatic heterocycles. The van der Waals surface area contributed by atoms with E-state index in [1.165, 1.54) is 0 Å². The van der Waals surface area contributed by atoms with E-state index in [-0.39, 0.29) is 58.9 Å². The molecule has 0 saturated carbocycles. The van der Waals surface area contributed by atoms with E-state index in [4.69, 9.17) is 37.1 Å². The normalized spacial score (nSPS) is 17.5. The van der Waals surface area contributed by atoms with Gasteiger partial charge < -0.3 is 39.0 Å². The van der Waals surface area contributed by atoms with E-state index < -0.39 is 25.1 Å². The molecule has 2 fully saturated rings. The van der Waals surface area contributed by atoms with Crippen molar-refractivity contribution in [1.29, 1.82) is 0 Å². The first kappa shape index (κ1) is 56.8. The molecule has 2 aliphatic rings. The molecular weight excluding hydrogens is 874 g/mol. The largest absolute Gasteiger partial charge is 1.00 e. The van der Waals surface area contributed by atoms with Gasteiger partial charge in [-0.1, -0.05) is 71.7 Å². The van der Waals surface area contributed by atoms with Crippen LogP contribution in [0.1, 0.15) is 96.4 Å². The number of pyridine rings is 2. The molecule has 0 bridgehead atoms. The Labute approximate surface area is 391 Å². The molecular formula is C41H70BrCl2N6NaO6Si. The van der Waals surface area contributed by atoms with E-state index in [0.717, 1.165) is 42.8 Å². The van der Waals surface area contributed by atoms with Crippen molar-refractivity contribution in [2.24, 2.45) is 0 Å². The van der Waals surface area contributed by atoms with Crippen molar-refractivity contribution in [3.63, 3.8) is 0 Å². The third-order valence-corrected chi connectivity index (χ3v) is 14.2. The molecule has 58 heavy (non-hydrogen) atoms. The predicted molar refractivity (Wildman–Crippen MR) is 238 cm³/mol. The molecule has 0 radical (unpaired) electrons. The molecule has 17 heteroatoms. The number of amides is 2. The second kappa shape index (κ2) is 25.0. The first-order valence-corrected chi connectivity index (χ1v) is 24.1. The summed E-state index contributed by atoms with van der Waals surface area (Å²) < 4.78 is 18.3. The Hall–Kier alpha value is -1.20. The minimum atomic E-state index is -1.81. The van der Waals surface area contributed by atoms with Gasteiger partial charge in [0.1, 0.15) is 21.5 Å². The summed E-state index contributed by atoms with van der Waals surface area (Å²) in [4.78, 5) is 38.5. The zero-order valence-electron chi connectivity index (χ0n) is 38.1. The summed E-state index contributed by atoms with van der Waals surface area (Å²) in [6, 6.07) is 7.50. The molecule has 2 aromatic heterocycles. The van der Waals surface area contributed by atoms with Gasteiger partial charge in [0.25, 0.3) is 0 Å². The van der Waals surface area contributed by atoms with Crippen molar-refractivity contribution in [3.05, 3.63) is 51.4 Å². The number of halogens is 3. The second-order valence-corrected chi connectivity index (χ2v) is 25.0. The zero-order chi connectivity index (χ0) is 44.0. The van der Waals surface area contributed by atoms with E-state index in [1.807, 2.05) is 63.5 Å². The fraction of sp³-hybridized carbons (Fsp3) is 0.707. The summed E-state index contributed by atoms with van der Waals surface area (Å²) in [5.41, 5.74) is -0.647. The van der Waals surface area contributed by atoms with Crippen LogP contribution in [0.2, 0.25) is 28.4 Å². The predicted octanol–water partition coefficient (Wildman–Crippen LogP) is 6.43. The molecule has 1 N–H and O–H groups in total. The van der Waals surface area contributed by atoms with E-state index in [0.29, 0.717) is 30.0 Å². The van der Waals surface area contributed by atoms with Gasteiger partial charge in [-0.25, -0.2) is 19.6 Å². The monoisotopic (exact) mass is 942 g/mol. The van der Waals surface area contributed by atoms with E-state index >= 15 is 0 Å². The van der Waals surface area contributed by atoms with Crippen LogP contribution in [0.15, 0.2) is 41.1 Å². The molecule has 2 saturated heterocycles. The topological polar surface area (TPSA) is 132 Å². The van der Waals surface area contributed by atoms with Crippen LogP contribution in [0.5, 0.6) is 0 Å². The van der Waals surface area contributed by atoms with Crippen LogP contribution in [-0.2, 0) is 13.9 Å². The molecule has 12 nitrogen and oxygen atoms in total. The Balaban J connectivity index is 0.000000847. The van der Waals surface area contributed by atoms with Gasteiger partial charge >= 0.3 is 41.7 Å². The zero-order valence-corrected chi connectivity index (χ0v) is 44.2. The molecule has 0 unspecified atom stereocenters. The van der Waals surface area contributed by atoms with Crippen LogP contribution in [0.3, 0.4) is 0 Å². The number of piperazine rings is 2. The SMILES string of the molecule is CC(C)(C)OC(=O)N1CCNC[C@@H]1CO[Si](C)(C)C(C)(C)C.CC(C)(C)[O-].CC[C@H]1CN(c2ccc(Cl)nc2)CCN1C(=O)OC(C)(C)C.Clc1ccc(Br)cn1.[Na+]. The van der Waals surface area contributed by atoms with Crippen molar-refractivity contribution in [1.82, 2.24) is 25.1 Å². The van der Waals surface area contributed by atoms with Crippen molar-refractivity contribution in [3.8, 4) is 0 Å². The number of hydrogen-bond acceptors (Lipinski definition) is 10. The van der Waals surface area contributed by atoms with Crippen molar-refractivity contribution in [2.75, 3.05) is 50.8 Å². The van der Waals surface area contributed by atoms with Crippen molar-refractivity contribution in [2.45, 2.75) is 143 Å². The average Bonchev–Trinajstić information content (AvgIpc) is 3.06. The van der Waals surface area contributed by atoms with Gasteiger partial charge in [-0.05, 0) is 106 Å². The van der Waals surface area contributed by atoms with Crippen molar-refractivity contribution < 1.29 is 58.2 Å². The Kier molecular flexibility index (Phi) is 24.5. The minimum Gasteiger partial charge on any atom is -0.850 e. The summed E-state index contributed by atoms with van der Waals surface area (Å²) in [5, 5.41) is 14.6. The van der Waals surface area contributed by atoms with Crippen molar-refractivity contribution >= 4 is 65.3 Å². The molecule has 0 aliphatic carbocycles. The summed E-state index contributed by atoms with van der Waals surface area (Å²) in [6.07, 6.45) is 3.85. The van der Waals surface area contributed by atoms with Gasteiger partial charge in [-0.15, -0.1) is 5.60 Å². The van der Waals surface area contributed by atoms with E-state index in [2.05, 4.69) is 76.9 Å². The summed E-state index contributed by atoms with van der Waals surface area (Å²) in [6.45, 7) is 34.5. The first-order chi connectivity index (χ1) is 25.9. The van der Waals surface area contributed by atoms with Crippen LogP contribution >= 0.6 is 39.1 Å². The van der Waals surface area contributed by atoms with Gasteiger partial charge in [0, 0.05) is 49.9 Å². The molecule has 0 aromatic carbocycles. The molecule has 0 spiro atoms. The number of ether oxygens (including phenoxy) is 2. The number of carbonyl (C=O) groups excluding carboxylic acids is 2. The molecule has 2 atom stereocenters. The second-order valence-electron chi connectivity index (χ2n) is 18.5. The minimum absolute atomic E-state index is 0. The molecule has 2 aromatic rings. The van der Waals surface area contributed by atoms with Gasteiger partial charge in [0.15, 0.2) is 8.32 Å². The summed E-state index contributed by atoms with van der Waals surface area (Å²) >= 11 is 14.5. The number of anilines is 1. The maximum Gasteiger partial charge on any atom is 1.00 e. The van der Waals surface area contributed by atoms with Crippen LogP contribution in [-0.4, -0.2) is 115 Å². The maximum absolute atomic E-state index is 12.4. The van der Waals surface area contributed by atoms with Gasteiger partial charge in [-0.2, -0.15) is 0 Å². The van der Waals surface area contributed by atoms with E-state index in [9.17, 15) is 14.7 Å². The first-order valence-electron chi connectivity index (χ1n) is 19.6. The number of nitrogens with zero attached hydrogens (tertiary/aromatic N) is 5. The fourth-order valence-corrected chi connectivity index (χ4v) is 6.40. The summed E-state index contributed by atoms with van der Waals surface area (Å²) in [5.74, 6) is 0. The maximum atomic E-state index is 12.4. The number of hydrogen-bond donors (Lipinski definition) is 1.